The molecule has 1 aromatic carbocycles. The molecular formula is C16H27N3O2. The molecule has 1 rings (SSSR count). The van der Waals surface area contributed by atoms with Gasteiger partial charge in [-0.3, -0.25) is 4.79 Å². The van der Waals surface area contributed by atoms with E-state index in [4.69, 9.17) is 4.74 Å². The van der Waals surface area contributed by atoms with Gasteiger partial charge >= 0.3 is 0 Å². The summed E-state index contributed by atoms with van der Waals surface area (Å²) in [6.45, 7) is 7.29. The fraction of sp³-hybridized carbons (Fsp3) is 0.562. The van der Waals surface area contributed by atoms with Crippen molar-refractivity contribution in [3.63, 3.8) is 0 Å². The molecule has 2 N–H and O–H groups in total. The highest BCUT2D eigenvalue weighted by atomic mass is 16.5. The van der Waals surface area contributed by atoms with Gasteiger partial charge in [0.05, 0.1) is 13.2 Å². The number of nitrogens with one attached hydrogen (secondary N) is 2. The van der Waals surface area contributed by atoms with Crippen LogP contribution in [0.3, 0.4) is 0 Å². The molecule has 0 fully saturated rings. The molecule has 0 atom stereocenters. The third-order valence-electron chi connectivity index (χ3n) is 3.20. The van der Waals surface area contributed by atoms with Crippen LogP contribution in [0.25, 0.3) is 0 Å². The number of amides is 1. The summed E-state index contributed by atoms with van der Waals surface area (Å²) in [5.41, 5.74) is 3.49. The van der Waals surface area contributed by atoms with Crippen LogP contribution in [0.1, 0.15) is 18.1 Å². The van der Waals surface area contributed by atoms with Gasteiger partial charge in [-0.15, -0.1) is 0 Å². The van der Waals surface area contributed by atoms with Crippen molar-refractivity contribution in [3.05, 3.63) is 29.3 Å². The Labute approximate surface area is 127 Å². The molecule has 5 nitrogen and oxygen atoms in total. The molecule has 0 radical (unpaired) electrons. The van der Waals surface area contributed by atoms with E-state index in [2.05, 4.69) is 35.8 Å². The van der Waals surface area contributed by atoms with Crippen molar-refractivity contribution in [1.29, 1.82) is 0 Å². The Balaban J connectivity index is 2.72. The monoisotopic (exact) mass is 293 g/mol. The molecule has 0 aliphatic heterocycles. The number of aryl methyl sites for hydroxylation is 1. The summed E-state index contributed by atoms with van der Waals surface area (Å²) in [7, 11) is 3.64. The number of hydrogen-bond acceptors (Lipinski definition) is 4. The van der Waals surface area contributed by atoms with Gasteiger partial charge in [0, 0.05) is 39.5 Å². The van der Waals surface area contributed by atoms with Gasteiger partial charge in [-0.25, -0.2) is 0 Å². The second kappa shape index (κ2) is 9.37. The zero-order chi connectivity index (χ0) is 15.7. The van der Waals surface area contributed by atoms with E-state index in [1.807, 2.05) is 18.9 Å². The van der Waals surface area contributed by atoms with Crippen molar-refractivity contribution in [2.45, 2.75) is 20.4 Å². The summed E-state index contributed by atoms with van der Waals surface area (Å²) in [6, 6.07) is 6.30. The van der Waals surface area contributed by atoms with Crippen molar-refractivity contribution in [1.82, 2.24) is 10.6 Å². The van der Waals surface area contributed by atoms with Crippen LogP contribution in [-0.2, 0) is 16.1 Å². The molecule has 1 aromatic rings. The van der Waals surface area contributed by atoms with E-state index in [9.17, 15) is 4.79 Å². The van der Waals surface area contributed by atoms with Crippen LogP contribution in [-0.4, -0.2) is 46.3 Å². The van der Waals surface area contributed by atoms with Crippen LogP contribution < -0.4 is 15.5 Å². The Bertz CT molecular complexity index is 449. The second-order valence-corrected chi connectivity index (χ2v) is 5.11. The normalized spacial score (nSPS) is 10.5. The number of nitrogens with zero attached hydrogens (tertiary/aromatic N) is 1. The third-order valence-corrected chi connectivity index (χ3v) is 3.20. The van der Waals surface area contributed by atoms with Gasteiger partial charge in [-0.05, 0) is 25.5 Å². The lowest BCUT2D eigenvalue weighted by Gasteiger charge is -2.22. The second-order valence-electron chi connectivity index (χ2n) is 5.11. The lowest BCUT2D eigenvalue weighted by molar-refractivity contribution is -0.119. The topological polar surface area (TPSA) is 53.6 Å². The Morgan fingerprint density at radius 1 is 1.38 bits per heavy atom. The van der Waals surface area contributed by atoms with Crippen LogP contribution in [0.15, 0.2) is 18.2 Å². The van der Waals surface area contributed by atoms with E-state index in [0.717, 1.165) is 18.8 Å². The van der Waals surface area contributed by atoms with Gasteiger partial charge in [-0.1, -0.05) is 17.7 Å². The minimum Gasteiger partial charge on any atom is -0.383 e. The number of likely N-dealkylation sites (N-methyl/N-ethyl adjacent to an activating group) is 2. The maximum Gasteiger partial charge on any atom is 0.239 e. The quantitative estimate of drug-likeness (QED) is 0.674. The van der Waals surface area contributed by atoms with Crippen LogP contribution in [0.5, 0.6) is 0 Å². The number of carbonyl (C=O) groups excluding carboxylic acids is 1. The van der Waals surface area contributed by atoms with Crippen molar-refractivity contribution < 1.29 is 9.53 Å². The van der Waals surface area contributed by atoms with E-state index in [-0.39, 0.29) is 5.91 Å². The first kappa shape index (κ1) is 17.5. The van der Waals surface area contributed by atoms with E-state index in [0.29, 0.717) is 19.7 Å². The molecule has 0 aliphatic rings. The summed E-state index contributed by atoms with van der Waals surface area (Å²) >= 11 is 0. The lowest BCUT2D eigenvalue weighted by atomic mass is 10.1. The lowest BCUT2D eigenvalue weighted by Crippen LogP contribution is -2.35. The molecular weight excluding hydrogens is 266 g/mol. The van der Waals surface area contributed by atoms with Gasteiger partial charge in [0.15, 0.2) is 0 Å². The number of benzene rings is 1. The van der Waals surface area contributed by atoms with Crippen molar-refractivity contribution in [3.8, 4) is 0 Å². The number of carbonyl (C=O) groups is 1. The Morgan fingerprint density at radius 3 is 2.81 bits per heavy atom. The first-order valence-corrected chi connectivity index (χ1v) is 7.35. The molecule has 0 saturated carbocycles. The van der Waals surface area contributed by atoms with Crippen molar-refractivity contribution in [2.75, 3.05) is 45.3 Å². The Kier molecular flexibility index (Phi) is 7.79. The van der Waals surface area contributed by atoms with E-state index >= 15 is 0 Å². The highest BCUT2D eigenvalue weighted by Crippen LogP contribution is 2.20. The van der Waals surface area contributed by atoms with Gasteiger partial charge in [0.25, 0.3) is 0 Å². The number of anilines is 1. The molecule has 0 aliphatic carbocycles. The van der Waals surface area contributed by atoms with Gasteiger partial charge in [0.1, 0.15) is 0 Å². The molecule has 1 amide bonds. The molecule has 0 aromatic heterocycles. The average Bonchev–Trinajstić information content (AvgIpc) is 2.43. The number of ether oxygens (including phenoxy) is 1. The van der Waals surface area contributed by atoms with E-state index in [1.165, 1.54) is 11.1 Å². The summed E-state index contributed by atoms with van der Waals surface area (Å²) in [4.78, 5) is 13.7. The zero-order valence-corrected chi connectivity index (χ0v) is 13.5. The van der Waals surface area contributed by atoms with Crippen molar-refractivity contribution >= 4 is 11.6 Å². The fourth-order valence-corrected chi connectivity index (χ4v) is 2.18. The van der Waals surface area contributed by atoms with Crippen molar-refractivity contribution in [2.24, 2.45) is 0 Å². The maximum absolute atomic E-state index is 11.7. The molecule has 0 bridgehead atoms. The SMILES string of the molecule is CCNC(=O)CN(C)c1ccc(C)cc1CNCCOC. The molecule has 0 spiro atoms. The smallest absolute Gasteiger partial charge is 0.239 e. The average molecular weight is 293 g/mol. The molecule has 0 saturated heterocycles. The zero-order valence-electron chi connectivity index (χ0n) is 13.5. The minimum absolute atomic E-state index is 0.0406. The third kappa shape index (κ3) is 6.14. The number of hydrogen-bond donors (Lipinski definition) is 2. The molecule has 118 valence electrons. The van der Waals surface area contributed by atoms with Gasteiger partial charge in [0.2, 0.25) is 5.91 Å². The van der Waals surface area contributed by atoms with Crippen LogP contribution in [0.2, 0.25) is 0 Å². The molecule has 0 heterocycles. The van der Waals surface area contributed by atoms with E-state index < -0.39 is 0 Å². The Hall–Kier alpha value is -1.59. The van der Waals surface area contributed by atoms with Crippen LogP contribution in [0.4, 0.5) is 5.69 Å². The summed E-state index contributed by atoms with van der Waals surface area (Å²) < 4.78 is 5.03. The van der Waals surface area contributed by atoms with Gasteiger partial charge in [-0.2, -0.15) is 0 Å². The largest absolute Gasteiger partial charge is 0.383 e. The van der Waals surface area contributed by atoms with Crippen LogP contribution >= 0.6 is 0 Å². The number of methoxy groups -OCH3 is 1. The fourth-order valence-electron chi connectivity index (χ4n) is 2.18. The minimum atomic E-state index is 0.0406. The van der Waals surface area contributed by atoms with Crippen LogP contribution in [0, 0.1) is 6.92 Å². The summed E-state index contributed by atoms with van der Waals surface area (Å²) in [6.07, 6.45) is 0. The highest BCUT2D eigenvalue weighted by Gasteiger charge is 2.11. The Morgan fingerprint density at radius 2 is 2.14 bits per heavy atom. The predicted octanol–water partition coefficient (Wildman–Crippen LogP) is 1.30. The molecule has 21 heavy (non-hydrogen) atoms. The number of rotatable bonds is 9. The first-order valence-electron chi connectivity index (χ1n) is 7.35. The summed E-state index contributed by atoms with van der Waals surface area (Å²) in [5.74, 6) is 0.0406. The standard InChI is InChI=1S/C16H27N3O2/c1-5-18-16(20)12-19(3)15-7-6-13(2)10-14(15)11-17-8-9-21-4/h6-7,10,17H,5,8-9,11-12H2,1-4H3,(H,18,20). The van der Waals surface area contributed by atoms with Gasteiger partial charge < -0.3 is 20.3 Å². The highest BCUT2D eigenvalue weighted by molar-refractivity contribution is 5.81. The molecule has 0 unspecified atom stereocenters. The predicted molar refractivity (Wildman–Crippen MR) is 86.7 cm³/mol. The van der Waals surface area contributed by atoms with E-state index in [1.54, 1.807) is 7.11 Å². The maximum atomic E-state index is 11.7. The molecule has 5 heteroatoms. The summed E-state index contributed by atoms with van der Waals surface area (Å²) in [5, 5.41) is 6.18. The first-order chi connectivity index (χ1) is 10.1.